The number of ether oxygens (including phenoxy) is 1. The highest BCUT2D eigenvalue weighted by Crippen LogP contribution is 2.40. The Morgan fingerprint density at radius 2 is 2.15 bits per heavy atom. The molecule has 5 N–H and O–H groups in total. The molecule has 0 radical (unpaired) electrons. The molecule has 168 valence electrons. The quantitative estimate of drug-likeness (QED) is 0.379. The number of aliphatic imine (C=N–C) groups is 1. The molecule has 0 unspecified atom stereocenters. The second kappa shape index (κ2) is 9.06. The van der Waals surface area contributed by atoms with Gasteiger partial charge in [-0.15, -0.1) is 0 Å². The van der Waals surface area contributed by atoms with Crippen molar-refractivity contribution >= 4 is 39.3 Å². The molecule has 0 amide bonds. The number of nitrogens with one attached hydrogen (secondary N) is 1. The first-order valence-corrected chi connectivity index (χ1v) is 10.8. The van der Waals surface area contributed by atoms with E-state index in [1.54, 1.807) is 19.2 Å². The molecular weight excluding hydrogens is 440 g/mol. The summed E-state index contributed by atoms with van der Waals surface area (Å²) < 4.78 is 6.00. The topological polar surface area (TPSA) is 124 Å². The average Bonchev–Trinajstić information content (AvgIpc) is 3.61. The summed E-state index contributed by atoms with van der Waals surface area (Å²) in [5, 5.41) is 7.54. The van der Waals surface area contributed by atoms with Crippen LogP contribution in [0.5, 0.6) is 5.75 Å². The lowest BCUT2D eigenvalue weighted by Gasteiger charge is -2.17. The lowest BCUT2D eigenvalue weighted by atomic mass is 9.92. The molecule has 9 heteroatoms. The molecule has 8 nitrogen and oxygen atoms in total. The number of allylic oxidation sites excluding steroid dienone is 1. The number of hydrogen-bond acceptors (Lipinski definition) is 6. The van der Waals surface area contributed by atoms with E-state index in [2.05, 4.69) is 20.0 Å². The minimum absolute atomic E-state index is 0.116. The molecule has 1 aliphatic rings. The summed E-state index contributed by atoms with van der Waals surface area (Å²) in [6.45, 7) is 9.86. The Morgan fingerprint density at radius 1 is 1.39 bits per heavy atom. The number of hydrogen-bond donors (Lipinski definition) is 3. The van der Waals surface area contributed by atoms with Crippen LogP contribution >= 0.6 is 11.6 Å². The Balaban J connectivity index is 1.91. The molecule has 1 aliphatic carbocycles. The molecule has 3 aromatic rings. The van der Waals surface area contributed by atoms with E-state index in [0.29, 0.717) is 50.3 Å². The van der Waals surface area contributed by atoms with Gasteiger partial charge in [0.15, 0.2) is 0 Å². The third kappa shape index (κ3) is 4.21. The van der Waals surface area contributed by atoms with Crippen molar-refractivity contribution in [1.29, 1.82) is 0 Å². The molecule has 1 aromatic heterocycles. The Kier molecular flexibility index (Phi) is 6.18. The van der Waals surface area contributed by atoms with Gasteiger partial charge in [0.05, 0.1) is 34.5 Å². The third-order valence-electron chi connectivity index (χ3n) is 5.47. The standard InChI is InChI=1S/C24H23ClN6O2/c1-12-6-16(23(29-3)20(7-12)33-14-4-5-14)22(28-2)17(10-26)13-8-15-19(11-27)30-31-24(32)21(15)18(25)9-13/h6-10,14H,4-5,11,26-27H2,1-2H3,(H,31,32)/b17-10-,28-22?. The summed E-state index contributed by atoms with van der Waals surface area (Å²) in [5.74, 6) is 0.540. The Labute approximate surface area is 195 Å². The number of benzene rings is 2. The molecular formula is C24H23ClN6O2. The molecule has 33 heavy (non-hydrogen) atoms. The molecule has 1 heterocycles. The van der Waals surface area contributed by atoms with Crippen LogP contribution in [0.2, 0.25) is 5.02 Å². The lowest BCUT2D eigenvalue weighted by molar-refractivity contribution is 0.305. The zero-order valence-corrected chi connectivity index (χ0v) is 19.0. The highest BCUT2D eigenvalue weighted by molar-refractivity contribution is 6.37. The van der Waals surface area contributed by atoms with Crippen molar-refractivity contribution in [1.82, 2.24) is 10.2 Å². The van der Waals surface area contributed by atoms with E-state index in [9.17, 15) is 4.79 Å². The van der Waals surface area contributed by atoms with Crippen LogP contribution in [0.15, 0.2) is 40.3 Å². The highest BCUT2D eigenvalue weighted by atomic mass is 35.5. The van der Waals surface area contributed by atoms with Crippen molar-refractivity contribution in [2.75, 3.05) is 7.05 Å². The van der Waals surface area contributed by atoms with Gasteiger partial charge in [-0.2, -0.15) is 5.10 Å². The maximum absolute atomic E-state index is 12.3. The predicted octanol–water partition coefficient (Wildman–Crippen LogP) is 3.85. The fourth-order valence-corrected chi connectivity index (χ4v) is 4.11. The van der Waals surface area contributed by atoms with E-state index in [0.717, 1.165) is 18.4 Å². The van der Waals surface area contributed by atoms with E-state index in [4.69, 9.17) is 34.4 Å². The molecule has 4 rings (SSSR count). The Morgan fingerprint density at radius 3 is 2.76 bits per heavy atom. The van der Waals surface area contributed by atoms with E-state index >= 15 is 0 Å². The van der Waals surface area contributed by atoms with Crippen LogP contribution in [-0.2, 0) is 6.54 Å². The number of fused-ring (bicyclic) bond motifs is 1. The van der Waals surface area contributed by atoms with Crippen molar-refractivity contribution < 1.29 is 4.74 Å². The molecule has 1 fully saturated rings. The summed E-state index contributed by atoms with van der Waals surface area (Å²) in [7, 11) is 1.64. The molecule has 0 bridgehead atoms. The Hall–Kier alpha value is -3.67. The minimum atomic E-state index is -0.405. The zero-order valence-electron chi connectivity index (χ0n) is 18.3. The molecule has 1 saturated carbocycles. The third-order valence-corrected chi connectivity index (χ3v) is 5.77. The first kappa shape index (κ1) is 22.5. The number of aromatic amines is 1. The van der Waals surface area contributed by atoms with Crippen LogP contribution < -0.4 is 21.8 Å². The van der Waals surface area contributed by atoms with E-state index < -0.39 is 5.56 Å². The van der Waals surface area contributed by atoms with Gasteiger partial charge in [0.25, 0.3) is 5.56 Å². The van der Waals surface area contributed by atoms with Gasteiger partial charge in [0.2, 0.25) is 5.69 Å². The SMILES string of the molecule is [C-]#[N+]c1c(OC2CC2)cc(C)cc1C(=NC)/C(=C\N)c1cc(Cl)c2c(=O)[nH]nc(CN)c2c1. The monoisotopic (exact) mass is 462 g/mol. The van der Waals surface area contributed by atoms with Crippen LogP contribution in [0, 0.1) is 13.5 Å². The first-order chi connectivity index (χ1) is 15.9. The fourth-order valence-electron chi connectivity index (χ4n) is 3.81. The molecule has 0 atom stereocenters. The summed E-state index contributed by atoms with van der Waals surface area (Å²) in [5.41, 5.74) is 15.6. The number of halogens is 1. The van der Waals surface area contributed by atoms with Crippen LogP contribution in [-0.4, -0.2) is 29.1 Å². The van der Waals surface area contributed by atoms with Gasteiger partial charge >= 0.3 is 0 Å². The predicted molar refractivity (Wildman–Crippen MR) is 131 cm³/mol. The van der Waals surface area contributed by atoms with Gasteiger partial charge in [0, 0.05) is 36.3 Å². The maximum atomic E-state index is 12.3. The number of aryl methyl sites for hydroxylation is 1. The van der Waals surface area contributed by atoms with E-state index in [-0.39, 0.29) is 17.7 Å². The minimum Gasteiger partial charge on any atom is -0.501 e. The van der Waals surface area contributed by atoms with E-state index in [1.807, 2.05) is 19.1 Å². The zero-order chi connectivity index (χ0) is 23.7. The van der Waals surface area contributed by atoms with Gasteiger partial charge in [-0.3, -0.25) is 9.79 Å². The normalized spacial score (nSPS) is 14.4. The molecule has 0 saturated heterocycles. The summed E-state index contributed by atoms with van der Waals surface area (Å²) in [6.07, 6.45) is 3.52. The van der Waals surface area contributed by atoms with Gasteiger partial charge in [0.1, 0.15) is 5.75 Å². The fraction of sp³-hybridized carbons (Fsp3) is 0.250. The van der Waals surface area contributed by atoms with Crippen LogP contribution in [0.1, 0.15) is 35.2 Å². The number of nitrogens with two attached hydrogens (primary N) is 2. The Bertz CT molecular complexity index is 1410. The van der Waals surface area contributed by atoms with Crippen LogP contribution in [0.25, 0.3) is 21.2 Å². The van der Waals surface area contributed by atoms with Crippen molar-refractivity contribution in [2.45, 2.75) is 32.4 Å². The van der Waals surface area contributed by atoms with Gasteiger partial charge < -0.3 is 16.2 Å². The van der Waals surface area contributed by atoms with Crippen molar-refractivity contribution in [3.63, 3.8) is 0 Å². The van der Waals surface area contributed by atoms with Crippen molar-refractivity contribution in [3.05, 3.63) is 79.6 Å². The van der Waals surface area contributed by atoms with Crippen molar-refractivity contribution in [3.8, 4) is 5.75 Å². The second-order valence-electron chi connectivity index (χ2n) is 7.82. The summed E-state index contributed by atoms with van der Waals surface area (Å²) in [4.78, 5) is 20.6. The largest absolute Gasteiger partial charge is 0.501 e. The number of rotatable bonds is 6. The maximum Gasteiger partial charge on any atom is 0.273 e. The summed E-state index contributed by atoms with van der Waals surface area (Å²) >= 11 is 6.50. The van der Waals surface area contributed by atoms with Crippen LogP contribution in [0.4, 0.5) is 5.69 Å². The highest BCUT2D eigenvalue weighted by Gasteiger charge is 2.27. The molecule has 0 spiro atoms. The molecule has 0 aliphatic heterocycles. The second-order valence-corrected chi connectivity index (χ2v) is 8.23. The number of aromatic nitrogens is 2. The summed E-state index contributed by atoms with van der Waals surface area (Å²) in [6, 6.07) is 7.18. The van der Waals surface area contributed by atoms with Crippen LogP contribution in [0.3, 0.4) is 0 Å². The van der Waals surface area contributed by atoms with Gasteiger partial charge in [-0.25, -0.2) is 9.94 Å². The van der Waals surface area contributed by atoms with E-state index in [1.165, 1.54) is 6.20 Å². The smallest absolute Gasteiger partial charge is 0.273 e. The number of nitrogens with zero attached hydrogens (tertiary/aromatic N) is 3. The average molecular weight is 463 g/mol. The molecule has 2 aromatic carbocycles. The number of H-pyrrole nitrogens is 1. The van der Waals surface area contributed by atoms with Gasteiger partial charge in [-0.1, -0.05) is 17.7 Å². The first-order valence-electron chi connectivity index (χ1n) is 10.4. The lowest BCUT2D eigenvalue weighted by Crippen LogP contribution is -2.14. The van der Waals surface area contributed by atoms with Crippen molar-refractivity contribution in [2.24, 2.45) is 16.5 Å². The van der Waals surface area contributed by atoms with Gasteiger partial charge in [-0.05, 0) is 49.1 Å².